The van der Waals surface area contributed by atoms with E-state index in [9.17, 15) is 22.0 Å². The molecule has 1 aromatic rings. The molecule has 90 valence electrons. The van der Waals surface area contributed by atoms with E-state index in [1.807, 2.05) is 0 Å². The summed E-state index contributed by atoms with van der Waals surface area (Å²) in [5.41, 5.74) is -0.369. The van der Waals surface area contributed by atoms with Crippen molar-refractivity contribution in [2.75, 3.05) is 0 Å². The summed E-state index contributed by atoms with van der Waals surface area (Å²) in [6.07, 6.45) is -7.34. The van der Waals surface area contributed by atoms with Crippen LogP contribution in [0.3, 0.4) is 0 Å². The summed E-state index contributed by atoms with van der Waals surface area (Å²) < 4.78 is 60.0. The Labute approximate surface area is 92.3 Å². The molecule has 0 heterocycles. The minimum atomic E-state index is -4.75. The lowest BCUT2D eigenvalue weighted by Crippen LogP contribution is -2.19. The van der Waals surface area contributed by atoms with Crippen LogP contribution in [0.5, 0.6) is 0 Å². The first-order valence-corrected chi connectivity index (χ1v) is 4.98. The van der Waals surface area contributed by atoms with E-state index in [1.54, 1.807) is 0 Å². The van der Waals surface area contributed by atoms with Gasteiger partial charge in [-0.1, -0.05) is 23.9 Å². The fourth-order valence-electron chi connectivity index (χ4n) is 1.02. The molecule has 0 saturated heterocycles. The summed E-state index contributed by atoms with van der Waals surface area (Å²) >= 11 is 0.230. The Hall–Kier alpha value is -0.820. The number of benzene rings is 1. The number of aliphatic hydroxyl groups is 1. The number of hydrogen-bond acceptors (Lipinski definition) is 2. The van der Waals surface area contributed by atoms with Crippen molar-refractivity contribution in [2.24, 2.45) is 0 Å². The fraction of sp³-hybridized carbons (Fsp3) is 0.333. The Morgan fingerprint density at radius 3 is 1.94 bits per heavy atom. The average molecular weight is 258 g/mol. The van der Waals surface area contributed by atoms with Crippen LogP contribution in [0, 0.1) is 0 Å². The SMILES string of the molecule is O[C@@H](c1ccc(SC(F)F)cc1)C(F)(F)F. The summed E-state index contributed by atoms with van der Waals surface area (Å²) in [4.78, 5) is 0.146. The maximum Gasteiger partial charge on any atom is 0.418 e. The molecular weight excluding hydrogens is 251 g/mol. The molecule has 1 atom stereocenters. The molecule has 1 rings (SSSR count). The number of hydrogen-bond donors (Lipinski definition) is 1. The van der Waals surface area contributed by atoms with Crippen molar-refractivity contribution in [1.82, 2.24) is 0 Å². The summed E-state index contributed by atoms with van der Waals surface area (Å²) in [5.74, 6) is -2.63. The first-order valence-electron chi connectivity index (χ1n) is 4.10. The average Bonchev–Trinajstić information content (AvgIpc) is 2.15. The smallest absolute Gasteiger partial charge is 0.379 e. The first kappa shape index (κ1) is 13.2. The van der Waals surface area contributed by atoms with Gasteiger partial charge in [0, 0.05) is 4.90 Å². The number of thioether (sulfide) groups is 1. The van der Waals surface area contributed by atoms with Gasteiger partial charge in [-0.25, -0.2) is 0 Å². The monoisotopic (exact) mass is 258 g/mol. The largest absolute Gasteiger partial charge is 0.418 e. The zero-order chi connectivity index (χ0) is 12.3. The third-order valence-electron chi connectivity index (χ3n) is 1.73. The molecule has 16 heavy (non-hydrogen) atoms. The van der Waals surface area contributed by atoms with Crippen molar-refractivity contribution in [3.8, 4) is 0 Å². The van der Waals surface area contributed by atoms with Crippen molar-refractivity contribution in [2.45, 2.75) is 22.9 Å². The summed E-state index contributed by atoms with van der Waals surface area (Å²) in [6, 6.07) is 4.17. The second kappa shape index (κ2) is 5.01. The van der Waals surface area contributed by atoms with Gasteiger partial charge in [-0.15, -0.1) is 0 Å². The van der Waals surface area contributed by atoms with E-state index in [-0.39, 0.29) is 22.2 Å². The maximum absolute atomic E-state index is 12.1. The second-order valence-corrected chi connectivity index (χ2v) is 3.96. The number of alkyl halides is 5. The van der Waals surface area contributed by atoms with Gasteiger partial charge in [0.25, 0.3) is 5.76 Å². The van der Waals surface area contributed by atoms with Crippen LogP contribution in [0.2, 0.25) is 0 Å². The van der Waals surface area contributed by atoms with Crippen molar-refractivity contribution in [1.29, 1.82) is 0 Å². The molecule has 0 amide bonds. The summed E-state index contributed by atoms with van der Waals surface area (Å²) in [5, 5.41) is 8.85. The normalized spacial score (nSPS) is 14.2. The van der Waals surface area contributed by atoms with E-state index in [2.05, 4.69) is 0 Å². The first-order chi connectivity index (χ1) is 7.30. The molecule has 0 saturated carbocycles. The van der Waals surface area contributed by atoms with Crippen LogP contribution < -0.4 is 0 Å². The predicted molar refractivity (Wildman–Crippen MR) is 49.3 cm³/mol. The highest BCUT2D eigenvalue weighted by Crippen LogP contribution is 2.33. The van der Waals surface area contributed by atoms with Crippen LogP contribution in [0.1, 0.15) is 11.7 Å². The predicted octanol–water partition coefficient (Wildman–Crippen LogP) is 3.60. The maximum atomic E-state index is 12.1. The van der Waals surface area contributed by atoms with Crippen molar-refractivity contribution >= 4 is 11.8 Å². The molecule has 0 radical (unpaired) electrons. The Kier molecular flexibility index (Phi) is 4.15. The van der Waals surface area contributed by atoms with Gasteiger partial charge in [-0.3, -0.25) is 0 Å². The molecular formula is C9H7F5OS. The zero-order valence-corrected chi connectivity index (χ0v) is 8.53. The van der Waals surface area contributed by atoms with Crippen molar-refractivity contribution < 1.29 is 27.1 Å². The molecule has 1 nitrogen and oxygen atoms in total. The van der Waals surface area contributed by atoms with Gasteiger partial charge in [-0.05, 0) is 17.7 Å². The lowest BCUT2D eigenvalue weighted by Gasteiger charge is -2.14. The van der Waals surface area contributed by atoms with E-state index in [1.165, 1.54) is 0 Å². The molecule has 0 aliphatic carbocycles. The van der Waals surface area contributed by atoms with Crippen LogP contribution in [0.15, 0.2) is 29.2 Å². The van der Waals surface area contributed by atoms with Crippen LogP contribution in [-0.2, 0) is 0 Å². The summed E-state index contributed by atoms with van der Waals surface area (Å²) in [6.45, 7) is 0. The number of halogens is 5. The minimum Gasteiger partial charge on any atom is -0.379 e. The van der Waals surface area contributed by atoms with Crippen molar-refractivity contribution in [3.05, 3.63) is 29.8 Å². The molecule has 0 aliphatic heterocycles. The minimum absolute atomic E-state index is 0.146. The Morgan fingerprint density at radius 2 is 1.56 bits per heavy atom. The summed E-state index contributed by atoms with van der Waals surface area (Å²) in [7, 11) is 0. The third-order valence-corrected chi connectivity index (χ3v) is 2.45. The van der Waals surface area contributed by atoms with Crippen LogP contribution in [0.25, 0.3) is 0 Å². The molecule has 0 bridgehead atoms. The second-order valence-electron chi connectivity index (χ2n) is 2.89. The Balaban J connectivity index is 2.79. The molecule has 0 aromatic heterocycles. The van der Waals surface area contributed by atoms with Gasteiger partial charge in [0.05, 0.1) is 0 Å². The van der Waals surface area contributed by atoms with Gasteiger partial charge < -0.3 is 5.11 Å². The zero-order valence-electron chi connectivity index (χ0n) is 7.71. The van der Waals surface area contributed by atoms with Gasteiger partial charge >= 0.3 is 6.18 Å². The lowest BCUT2D eigenvalue weighted by molar-refractivity contribution is -0.206. The van der Waals surface area contributed by atoms with Gasteiger partial charge in [-0.2, -0.15) is 22.0 Å². The van der Waals surface area contributed by atoms with E-state index < -0.39 is 18.0 Å². The van der Waals surface area contributed by atoms with Gasteiger partial charge in [0.2, 0.25) is 0 Å². The molecule has 1 aromatic carbocycles. The van der Waals surface area contributed by atoms with Crippen LogP contribution >= 0.6 is 11.8 Å². The lowest BCUT2D eigenvalue weighted by atomic mass is 10.1. The Morgan fingerprint density at radius 1 is 1.06 bits per heavy atom. The van der Waals surface area contributed by atoms with E-state index >= 15 is 0 Å². The van der Waals surface area contributed by atoms with Crippen LogP contribution in [-0.4, -0.2) is 17.0 Å². The highest BCUT2D eigenvalue weighted by atomic mass is 32.2. The number of aliphatic hydroxyl groups excluding tert-OH is 1. The van der Waals surface area contributed by atoms with Crippen molar-refractivity contribution in [3.63, 3.8) is 0 Å². The highest BCUT2D eigenvalue weighted by molar-refractivity contribution is 7.99. The molecule has 0 unspecified atom stereocenters. The van der Waals surface area contributed by atoms with E-state index in [0.29, 0.717) is 0 Å². The molecule has 0 fully saturated rings. The van der Waals surface area contributed by atoms with Crippen LogP contribution in [0.4, 0.5) is 22.0 Å². The molecule has 7 heteroatoms. The standard InChI is InChI=1S/C9H7F5OS/c10-8(11)16-6-3-1-5(2-4-6)7(15)9(12,13)14/h1-4,7-8,15H/t7-/m0/s1. The quantitative estimate of drug-likeness (QED) is 0.660. The number of rotatable bonds is 3. The topological polar surface area (TPSA) is 20.2 Å². The highest BCUT2D eigenvalue weighted by Gasteiger charge is 2.39. The van der Waals surface area contributed by atoms with Gasteiger partial charge in [0.1, 0.15) is 0 Å². The fourth-order valence-corrected chi connectivity index (χ4v) is 1.52. The molecule has 1 N–H and O–H groups in total. The van der Waals surface area contributed by atoms with E-state index in [0.717, 1.165) is 24.3 Å². The van der Waals surface area contributed by atoms with E-state index in [4.69, 9.17) is 5.11 Å². The molecule has 0 aliphatic rings. The Bertz CT molecular complexity index is 335. The van der Waals surface area contributed by atoms with Gasteiger partial charge in [0.15, 0.2) is 6.10 Å². The molecule has 0 spiro atoms. The third kappa shape index (κ3) is 3.64.